The molecule has 8 heteroatoms. The Hall–Kier alpha value is -2.52. The topological polar surface area (TPSA) is 103 Å². The number of likely N-dealkylation sites (N-methyl/N-ethyl adjacent to an activating group) is 1. The van der Waals surface area contributed by atoms with Crippen LogP contribution in [-0.2, 0) is 0 Å². The molecular formula is C22H32N6O2. The number of hydrogen-bond donors (Lipinski definition) is 4. The number of imide groups is 1. The van der Waals surface area contributed by atoms with Gasteiger partial charge in [0.15, 0.2) is 0 Å². The number of carbonyl (C=O) groups excluding carboxylic acids is 2. The molecule has 0 aliphatic carbocycles. The Morgan fingerprint density at radius 1 is 0.900 bits per heavy atom. The molecule has 1 heterocycles. The Bertz CT molecular complexity index is 876. The summed E-state index contributed by atoms with van der Waals surface area (Å²) in [4.78, 5) is 29.3. The molecule has 8 nitrogen and oxygen atoms in total. The van der Waals surface area contributed by atoms with E-state index in [0.29, 0.717) is 30.8 Å². The van der Waals surface area contributed by atoms with Crippen molar-refractivity contribution in [1.82, 2.24) is 20.4 Å². The second kappa shape index (κ2) is 10.5. The Morgan fingerprint density at radius 2 is 1.57 bits per heavy atom. The summed E-state index contributed by atoms with van der Waals surface area (Å²) in [7, 11) is 3.86. The van der Waals surface area contributed by atoms with E-state index >= 15 is 0 Å². The molecular weight excluding hydrogens is 380 g/mol. The predicted octanol–water partition coefficient (Wildman–Crippen LogP) is 0.547. The number of nitrogens with two attached hydrogens (primary N) is 1. The fraction of sp³-hybridized carbons (Fsp3) is 0.455. The standard InChI is InChI=1S/C22H32N6O2/c1-27(2)14-15-28-21(29)17-5-3-4-16-19(7-6-18(20(16)17)22(28)30)26-13-12-25-11-10-24-9-8-23/h3-7,24-26H,8-15,23H2,1-2H3. The van der Waals surface area contributed by atoms with Crippen molar-refractivity contribution in [3.63, 3.8) is 0 Å². The van der Waals surface area contributed by atoms with Crippen LogP contribution < -0.4 is 21.7 Å². The van der Waals surface area contributed by atoms with E-state index in [1.165, 1.54) is 4.90 Å². The molecule has 2 amide bonds. The molecule has 30 heavy (non-hydrogen) atoms. The molecule has 0 bridgehead atoms. The van der Waals surface area contributed by atoms with E-state index in [-0.39, 0.29) is 11.8 Å². The Labute approximate surface area is 177 Å². The van der Waals surface area contributed by atoms with Crippen LogP contribution in [0.25, 0.3) is 10.8 Å². The minimum atomic E-state index is -0.219. The first-order chi connectivity index (χ1) is 14.5. The Kier molecular flexibility index (Phi) is 7.75. The lowest BCUT2D eigenvalue weighted by atomic mass is 9.93. The van der Waals surface area contributed by atoms with Crippen molar-refractivity contribution >= 4 is 28.3 Å². The van der Waals surface area contributed by atoms with Crippen LogP contribution in [0.3, 0.4) is 0 Å². The summed E-state index contributed by atoms with van der Waals surface area (Å²) in [5.74, 6) is -0.438. The van der Waals surface area contributed by atoms with Crippen LogP contribution in [-0.4, -0.2) is 88.1 Å². The van der Waals surface area contributed by atoms with E-state index in [1.807, 2.05) is 49.3 Å². The van der Waals surface area contributed by atoms with Crippen molar-refractivity contribution in [2.24, 2.45) is 5.73 Å². The lowest BCUT2D eigenvalue weighted by Crippen LogP contribution is -2.43. The van der Waals surface area contributed by atoms with E-state index < -0.39 is 0 Å². The SMILES string of the molecule is CN(C)CCN1C(=O)c2cccc3c(NCCNCCNCCN)ccc(c23)C1=O. The first kappa shape index (κ1) is 22.2. The fourth-order valence-corrected chi connectivity index (χ4v) is 3.62. The number of hydrogen-bond acceptors (Lipinski definition) is 7. The van der Waals surface area contributed by atoms with Gasteiger partial charge in [-0.15, -0.1) is 0 Å². The summed E-state index contributed by atoms with van der Waals surface area (Å²) in [6, 6.07) is 9.41. The molecule has 0 fully saturated rings. The zero-order valence-electron chi connectivity index (χ0n) is 17.8. The van der Waals surface area contributed by atoms with Crippen molar-refractivity contribution in [3.05, 3.63) is 41.5 Å². The van der Waals surface area contributed by atoms with Crippen LogP contribution in [0.2, 0.25) is 0 Å². The molecule has 0 atom stereocenters. The molecule has 1 aliphatic heterocycles. The number of carbonyl (C=O) groups is 2. The second-order valence-electron chi connectivity index (χ2n) is 7.67. The third-order valence-corrected chi connectivity index (χ3v) is 5.18. The maximum atomic E-state index is 13.0. The van der Waals surface area contributed by atoms with Gasteiger partial charge in [0.2, 0.25) is 0 Å². The van der Waals surface area contributed by atoms with Crippen LogP contribution in [0, 0.1) is 0 Å². The molecule has 0 spiro atoms. The van der Waals surface area contributed by atoms with E-state index in [1.54, 1.807) is 0 Å². The summed E-state index contributed by atoms with van der Waals surface area (Å²) in [5, 5.41) is 11.7. The second-order valence-corrected chi connectivity index (χ2v) is 7.67. The van der Waals surface area contributed by atoms with Crippen LogP contribution in [0.5, 0.6) is 0 Å². The van der Waals surface area contributed by atoms with Crippen molar-refractivity contribution in [3.8, 4) is 0 Å². The molecule has 0 unspecified atom stereocenters. The molecule has 0 aromatic heterocycles. The van der Waals surface area contributed by atoms with Crippen molar-refractivity contribution < 1.29 is 9.59 Å². The first-order valence-corrected chi connectivity index (χ1v) is 10.5. The summed E-state index contributed by atoms with van der Waals surface area (Å²) in [6.07, 6.45) is 0. The zero-order valence-corrected chi connectivity index (χ0v) is 17.8. The van der Waals surface area contributed by atoms with Crippen molar-refractivity contribution in [1.29, 1.82) is 0 Å². The third-order valence-electron chi connectivity index (χ3n) is 5.18. The normalized spacial score (nSPS) is 13.5. The minimum absolute atomic E-state index is 0.219. The molecule has 0 radical (unpaired) electrons. The molecule has 0 saturated carbocycles. The predicted molar refractivity (Wildman–Crippen MR) is 121 cm³/mol. The molecule has 1 aliphatic rings. The third kappa shape index (κ3) is 4.96. The van der Waals surface area contributed by atoms with Crippen LogP contribution >= 0.6 is 0 Å². The highest BCUT2D eigenvalue weighted by atomic mass is 16.2. The lowest BCUT2D eigenvalue weighted by molar-refractivity contribution is 0.0601. The molecule has 2 aromatic carbocycles. The van der Waals surface area contributed by atoms with E-state index in [2.05, 4.69) is 16.0 Å². The van der Waals surface area contributed by atoms with Gasteiger partial charge < -0.3 is 26.6 Å². The largest absolute Gasteiger partial charge is 0.383 e. The number of anilines is 1. The van der Waals surface area contributed by atoms with Gasteiger partial charge in [-0.3, -0.25) is 14.5 Å². The Morgan fingerprint density at radius 3 is 2.27 bits per heavy atom. The maximum absolute atomic E-state index is 13.0. The number of nitrogens with zero attached hydrogens (tertiary/aromatic N) is 2. The molecule has 3 rings (SSSR count). The van der Waals surface area contributed by atoms with Gasteiger partial charge in [0.25, 0.3) is 11.8 Å². The highest BCUT2D eigenvalue weighted by molar-refractivity contribution is 6.26. The van der Waals surface area contributed by atoms with E-state index in [9.17, 15) is 9.59 Å². The highest BCUT2D eigenvalue weighted by Gasteiger charge is 2.32. The quantitative estimate of drug-likeness (QED) is 0.298. The van der Waals surface area contributed by atoms with E-state index in [4.69, 9.17) is 5.73 Å². The highest BCUT2D eigenvalue weighted by Crippen LogP contribution is 2.34. The molecule has 5 N–H and O–H groups in total. The van der Waals surface area contributed by atoms with Crippen LogP contribution in [0.15, 0.2) is 30.3 Å². The average Bonchev–Trinajstić information content (AvgIpc) is 2.74. The zero-order chi connectivity index (χ0) is 21.5. The van der Waals surface area contributed by atoms with Crippen LogP contribution in [0.1, 0.15) is 20.7 Å². The number of nitrogens with one attached hydrogen (secondary N) is 3. The maximum Gasteiger partial charge on any atom is 0.261 e. The van der Waals surface area contributed by atoms with Gasteiger partial charge in [0.05, 0.1) is 0 Å². The van der Waals surface area contributed by atoms with Crippen LogP contribution in [0.4, 0.5) is 5.69 Å². The van der Waals surface area contributed by atoms with Crippen molar-refractivity contribution in [2.75, 3.05) is 71.8 Å². The number of rotatable bonds is 12. The molecule has 2 aromatic rings. The first-order valence-electron chi connectivity index (χ1n) is 10.5. The summed E-state index contributed by atoms with van der Waals surface area (Å²) in [5.41, 5.74) is 7.56. The fourth-order valence-electron chi connectivity index (χ4n) is 3.62. The van der Waals surface area contributed by atoms with Gasteiger partial charge in [-0.25, -0.2) is 0 Å². The van der Waals surface area contributed by atoms with Gasteiger partial charge in [-0.2, -0.15) is 0 Å². The number of amides is 2. The van der Waals surface area contributed by atoms with Crippen molar-refractivity contribution in [2.45, 2.75) is 0 Å². The summed E-state index contributed by atoms with van der Waals surface area (Å²) in [6.45, 7) is 5.79. The van der Waals surface area contributed by atoms with Gasteiger partial charge in [0, 0.05) is 79.9 Å². The summed E-state index contributed by atoms with van der Waals surface area (Å²) < 4.78 is 0. The summed E-state index contributed by atoms with van der Waals surface area (Å²) >= 11 is 0. The van der Waals surface area contributed by atoms with Gasteiger partial charge in [-0.05, 0) is 32.3 Å². The van der Waals surface area contributed by atoms with Gasteiger partial charge >= 0.3 is 0 Å². The molecule has 0 saturated heterocycles. The average molecular weight is 413 g/mol. The van der Waals surface area contributed by atoms with E-state index in [0.717, 1.165) is 49.2 Å². The molecule has 162 valence electrons. The van der Waals surface area contributed by atoms with Gasteiger partial charge in [-0.1, -0.05) is 12.1 Å². The smallest absolute Gasteiger partial charge is 0.261 e. The van der Waals surface area contributed by atoms with Gasteiger partial charge in [0.1, 0.15) is 0 Å². The number of benzene rings is 2. The Balaban J connectivity index is 1.70. The lowest BCUT2D eigenvalue weighted by Gasteiger charge is -2.28. The minimum Gasteiger partial charge on any atom is -0.383 e. The monoisotopic (exact) mass is 412 g/mol.